The van der Waals surface area contributed by atoms with Gasteiger partial charge in [0, 0.05) is 11.1 Å². The summed E-state index contributed by atoms with van der Waals surface area (Å²) >= 11 is 0. The van der Waals surface area contributed by atoms with E-state index in [1.807, 2.05) is 0 Å². The number of para-hydroxylation sites is 1. The lowest BCUT2D eigenvalue weighted by molar-refractivity contribution is 0.110. The van der Waals surface area contributed by atoms with Crippen LogP contribution < -0.4 is 0 Å². The van der Waals surface area contributed by atoms with E-state index >= 15 is 0 Å². The zero-order valence-corrected chi connectivity index (χ0v) is 18.4. The number of rotatable bonds is 0. The van der Waals surface area contributed by atoms with Crippen LogP contribution in [0, 0.1) is 5.41 Å². The van der Waals surface area contributed by atoms with Gasteiger partial charge in [-0.3, -0.25) is 4.99 Å². The predicted molar refractivity (Wildman–Crippen MR) is 123 cm³/mol. The SMILES string of the molecule is CC12CCCCC1(C)c1ccccc1C2.CC12CCCCC1=Nc1ccccc12. The number of nitrogens with zero attached hydrogens (tertiary/aromatic N) is 1. The average Bonchev–Trinajstić information content (AvgIpc) is 3.16. The second kappa shape index (κ2) is 6.83. The second-order valence-corrected chi connectivity index (χ2v) is 10.5. The van der Waals surface area contributed by atoms with Gasteiger partial charge in [0.2, 0.25) is 0 Å². The molecule has 0 saturated heterocycles. The highest BCUT2D eigenvalue weighted by Gasteiger charge is 2.52. The summed E-state index contributed by atoms with van der Waals surface area (Å²) in [6, 6.07) is 17.7. The minimum absolute atomic E-state index is 0.273. The third-order valence-electron chi connectivity index (χ3n) is 8.91. The van der Waals surface area contributed by atoms with Crippen LogP contribution in [0.15, 0.2) is 53.5 Å². The van der Waals surface area contributed by atoms with Gasteiger partial charge in [0.25, 0.3) is 0 Å². The number of benzene rings is 2. The van der Waals surface area contributed by atoms with Crippen LogP contribution in [0.4, 0.5) is 5.69 Å². The van der Waals surface area contributed by atoms with Gasteiger partial charge in [-0.25, -0.2) is 0 Å². The molecule has 2 aromatic rings. The summed E-state index contributed by atoms with van der Waals surface area (Å²) in [6.45, 7) is 7.36. The quantitative estimate of drug-likeness (QED) is 0.441. The molecule has 6 rings (SSSR count). The van der Waals surface area contributed by atoms with Gasteiger partial charge in [-0.2, -0.15) is 0 Å². The Kier molecular flexibility index (Phi) is 4.49. The lowest BCUT2D eigenvalue weighted by atomic mass is 9.58. The molecule has 1 aliphatic heterocycles. The molecule has 2 saturated carbocycles. The van der Waals surface area contributed by atoms with Crippen molar-refractivity contribution in [3.63, 3.8) is 0 Å². The van der Waals surface area contributed by atoms with Gasteiger partial charge in [0.1, 0.15) is 0 Å². The van der Waals surface area contributed by atoms with Crippen molar-refractivity contribution >= 4 is 11.4 Å². The summed E-state index contributed by atoms with van der Waals surface area (Å²) in [5.74, 6) is 0. The number of hydrogen-bond donors (Lipinski definition) is 0. The fourth-order valence-corrected chi connectivity index (χ4v) is 6.79. The maximum absolute atomic E-state index is 4.76. The first kappa shape index (κ1) is 19.1. The van der Waals surface area contributed by atoms with E-state index < -0.39 is 0 Å². The van der Waals surface area contributed by atoms with E-state index in [2.05, 4.69) is 69.3 Å². The van der Waals surface area contributed by atoms with Crippen molar-refractivity contribution in [1.29, 1.82) is 0 Å². The highest BCUT2D eigenvalue weighted by Crippen LogP contribution is 2.59. The van der Waals surface area contributed by atoms with Crippen molar-refractivity contribution in [3.8, 4) is 0 Å². The van der Waals surface area contributed by atoms with E-state index in [9.17, 15) is 0 Å². The first-order chi connectivity index (χ1) is 14.0. The van der Waals surface area contributed by atoms with Gasteiger partial charge >= 0.3 is 0 Å². The van der Waals surface area contributed by atoms with E-state index in [0.29, 0.717) is 10.8 Å². The van der Waals surface area contributed by atoms with Crippen LogP contribution in [-0.4, -0.2) is 5.71 Å². The van der Waals surface area contributed by atoms with Gasteiger partial charge in [0.15, 0.2) is 0 Å². The smallest absolute Gasteiger partial charge is 0.0670 e. The Labute approximate surface area is 176 Å². The second-order valence-electron chi connectivity index (χ2n) is 10.5. The topological polar surface area (TPSA) is 12.4 Å². The first-order valence-electron chi connectivity index (χ1n) is 11.7. The Balaban J connectivity index is 0.000000125. The van der Waals surface area contributed by atoms with E-state index in [-0.39, 0.29) is 5.41 Å². The molecular formula is C28H35N. The van der Waals surface area contributed by atoms with Crippen molar-refractivity contribution in [3.05, 3.63) is 65.2 Å². The van der Waals surface area contributed by atoms with Gasteiger partial charge in [-0.05, 0) is 72.1 Å². The van der Waals surface area contributed by atoms with Crippen molar-refractivity contribution in [2.75, 3.05) is 0 Å². The molecule has 1 heteroatoms. The Hall–Kier alpha value is -1.89. The van der Waals surface area contributed by atoms with Crippen LogP contribution in [-0.2, 0) is 17.3 Å². The molecule has 152 valence electrons. The third-order valence-corrected chi connectivity index (χ3v) is 8.91. The summed E-state index contributed by atoms with van der Waals surface area (Å²) in [5.41, 5.74) is 8.62. The van der Waals surface area contributed by atoms with Gasteiger partial charge in [-0.1, -0.05) is 82.5 Å². The molecule has 0 amide bonds. The average molecular weight is 386 g/mol. The number of fused-ring (bicyclic) bond motifs is 6. The summed E-state index contributed by atoms with van der Waals surface area (Å²) in [6.07, 6.45) is 12.1. The van der Waals surface area contributed by atoms with Gasteiger partial charge in [0.05, 0.1) is 5.69 Å². The molecule has 0 spiro atoms. The van der Waals surface area contributed by atoms with Crippen LogP contribution in [0.1, 0.15) is 88.8 Å². The maximum Gasteiger partial charge on any atom is 0.0670 e. The normalized spacial score (nSPS) is 34.1. The zero-order chi connectivity index (χ0) is 20.1. The summed E-state index contributed by atoms with van der Waals surface area (Å²) in [4.78, 5) is 4.76. The molecule has 1 nitrogen and oxygen atoms in total. The van der Waals surface area contributed by atoms with E-state index in [4.69, 9.17) is 4.99 Å². The maximum atomic E-state index is 4.76. The Bertz CT molecular complexity index is 956. The van der Waals surface area contributed by atoms with Crippen LogP contribution in [0.3, 0.4) is 0 Å². The van der Waals surface area contributed by atoms with Crippen LogP contribution in [0.25, 0.3) is 0 Å². The monoisotopic (exact) mass is 385 g/mol. The highest BCUT2D eigenvalue weighted by molar-refractivity contribution is 6.01. The Morgan fingerprint density at radius 3 is 2.28 bits per heavy atom. The molecule has 3 aliphatic carbocycles. The predicted octanol–water partition coefficient (Wildman–Crippen LogP) is 7.69. The largest absolute Gasteiger partial charge is 0.257 e. The van der Waals surface area contributed by atoms with Gasteiger partial charge < -0.3 is 0 Å². The van der Waals surface area contributed by atoms with E-state index in [1.54, 1.807) is 11.1 Å². The Morgan fingerprint density at radius 2 is 1.41 bits per heavy atom. The lowest BCUT2D eigenvalue weighted by Crippen LogP contribution is -2.40. The van der Waals surface area contributed by atoms with E-state index in [1.165, 1.54) is 74.7 Å². The third kappa shape index (κ3) is 2.84. The molecule has 0 N–H and O–H groups in total. The molecule has 2 aromatic carbocycles. The van der Waals surface area contributed by atoms with Crippen LogP contribution in [0.5, 0.6) is 0 Å². The molecular weight excluding hydrogens is 350 g/mol. The van der Waals surface area contributed by atoms with Gasteiger partial charge in [-0.15, -0.1) is 0 Å². The van der Waals surface area contributed by atoms with Crippen LogP contribution in [0.2, 0.25) is 0 Å². The lowest BCUT2D eigenvalue weighted by Gasteiger charge is -2.46. The Morgan fingerprint density at radius 1 is 0.724 bits per heavy atom. The minimum atomic E-state index is 0.273. The zero-order valence-electron chi connectivity index (χ0n) is 18.4. The highest BCUT2D eigenvalue weighted by atomic mass is 14.8. The fraction of sp³-hybridized carbons (Fsp3) is 0.536. The van der Waals surface area contributed by atoms with E-state index in [0.717, 1.165) is 0 Å². The summed E-state index contributed by atoms with van der Waals surface area (Å²) in [7, 11) is 0. The molecule has 0 aromatic heterocycles. The first-order valence-corrected chi connectivity index (χ1v) is 11.7. The molecule has 3 unspecified atom stereocenters. The summed E-state index contributed by atoms with van der Waals surface area (Å²) in [5, 5.41) is 0. The van der Waals surface area contributed by atoms with Crippen molar-refractivity contribution in [2.24, 2.45) is 10.4 Å². The molecule has 3 atom stereocenters. The molecule has 2 fully saturated rings. The van der Waals surface area contributed by atoms with Crippen molar-refractivity contribution < 1.29 is 0 Å². The number of aliphatic imine (C=N–C) groups is 1. The standard InChI is InChI=1S/C15H20.C13H15N/c1-14-9-5-6-10-15(14,2)13-8-4-3-7-12(13)11-14;1-13-9-5-4-8-12(13)14-11-7-3-2-6-10(11)13/h3-4,7-8H,5-6,9-11H2,1-2H3;2-3,6-7H,4-5,8-9H2,1H3. The summed E-state index contributed by atoms with van der Waals surface area (Å²) < 4.78 is 0. The molecule has 1 heterocycles. The number of hydrogen-bond acceptors (Lipinski definition) is 1. The minimum Gasteiger partial charge on any atom is -0.257 e. The molecule has 4 aliphatic rings. The van der Waals surface area contributed by atoms with Crippen molar-refractivity contribution in [1.82, 2.24) is 0 Å². The fourth-order valence-electron chi connectivity index (χ4n) is 6.79. The molecule has 0 radical (unpaired) electrons. The van der Waals surface area contributed by atoms with Crippen molar-refractivity contribution in [2.45, 2.75) is 89.4 Å². The molecule has 29 heavy (non-hydrogen) atoms. The molecule has 0 bridgehead atoms. The van der Waals surface area contributed by atoms with Crippen LogP contribution >= 0.6 is 0 Å².